The first-order valence-corrected chi connectivity index (χ1v) is 24.7. The molecular formula is C50H75BN8O10. The van der Waals surface area contributed by atoms with Crippen LogP contribution in [0.25, 0.3) is 11.1 Å². The van der Waals surface area contributed by atoms with Crippen LogP contribution in [0, 0.1) is 17.3 Å². The Hall–Kier alpha value is -5.37. The zero-order valence-electron chi connectivity index (χ0n) is 41.4. The fraction of sp³-hybridized carbons (Fsp3) is 0.620. The van der Waals surface area contributed by atoms with Gasteiger partial charge in [0.15, 0.2) is 0 Å². The van der Waals surface area contributed by atoms with Gasteiger partial charge in [-0.3, -0.25) is 33.6 Å². The Balaban J connectivity index is 1.12. The molecular weight excluding hydrogens is 883 g/mol. The average molecular weight is 959 g/mol. The van der Waals surface area contributed by atoms with E-state index in [0.29, 0.717) is 36.8 Å². The van der Waals surface area contributed by atoms with Gasteiger partial charge in [0.1, 0.15) is 24.2 Å². The Bertz CT molecular complexity index is 2120. The third-order valence-corrected chi connectivity index (χ3v) is 14.4. The molecule has 6 rings (SSSR count). The van der Waals surface area contributed by atoms with Gasteiger partial charge in [-0.15, -0.1) is 0 Å². The second-order valence-electron chi connectivity index (χ2n) is 19.9. The number of unbranched alkanes of at least 4 members (excludes halogenated alkanes) is 2. The minimum absolute atomic E-state index is 0.0223. The summed E-state index contributed by atoms with van der Waals surface area (Å²) in [7, 11) is -0.764. The molecule has 2 bridgehead atoms. The lowest BCUT2D eigenvalue weighted by Gasteiger charge is -2.64. The molecule has 0 aromatic heterocycles. The number of nitrogens with one attached hydrogen (secondary N) is 6. The second-order valence-corrected chi connectivity index (χ2v) is 19.9. The average Bonchev–Trinajstić information content (AvgIpc) is 3.68. The van der Waals surface area contributed by atoms with Crippen molar-refractivity contribution in [3.63, 3.8) is 0 Å². The molecule has 1 aliphatic heterocycles. The number of carbonyl (C=O) groups is 7. The minimum atomic E-state index is -1.57. The molecule has 19 heteroatoms. The van der Waals surface area contributed by atoms with Crippen molar-refractivity contribution < 1.29 is 48.0 Å². The monoisotopic (exact) mass is 959 g/mol. The second kappa shape index (κ2) is 24.5. The van der Waals surface area contributed by atoms with E-state index in [9.17, 15) is 38.7 Å². The molecule has 1 unspecified atom stereocenters. The molecule has 0 spiro atoms. The van der Waals surface area contributed by atoms with E-state index in [2.05, 4.69) is 83.9 Å². The Morgan fingerprint density at radius 1 is 0.783 bits per heavy atom. The largest absolute Gasteiger partial charge is 0.481 e. The quantitative estimate of drug-likeness (QED) is 0.0488. The molecule has 0 radical (unpaired) electrons. The third-order valence-electron chi connectivity index (χ3n) is 14.4. The number of hydrogen-bond acceptors (Lipinski definition) is 11. The van der Waals surface area contributed by atoms with E-state index in [1.54, 1.807) is 26.0 Å². The number of aliphatic hydroxyl groups excluding tert-OH is 1. The van der Waals surface area contributed by atoms with E-state index >= 15 is 0 Å². The molecule has 2 aromatic carbocycles. The molecule has 2 aromatic rings. The lowest BCUT2D eigenvalue weighted by atomic mass is 9.43. The van der Waals surface area contributed by atoms with Crippen LogP contribution < -0.4 is 43.4 Å². The van der Waals surface area contributed by atoms with Crippen LogP contribution in [-0.4, -0.2) is 115 Å². The van der Waals surface area contributed by atoms with Crippen molar-refractivity contribution in [1.29, 1.82) is 0 Å². The molecule has 7 amide bonds. The van der Waals surface area contributed by atoms with Gasteiger partial charge in [-0.05, 0) is 125 Å². The Morgan fingerprint density at radius 2 is 1.41 bits per heavy atom. The highest BCUT2D eigenvalue weighted by Crippen LogP contribution is 2.65. The summed E-state index contributed by atoms with van der Waals surface area (Å²) in [5, 5.41) is 26.4. The number of hydrogen-bond donors (Lipinski definition) is 9. The number of primary amides is 1. The molecule has 11 N–H and O–H groups in total. The Labute approximate surface area is 406 Å². The van der Waals surface area contributed by atoms with Gasteiger partial charge in [0.25, 0.3) is 5.91 Å². The normalized spacial score (nSPS) is 22.5. The molecule has 1 heterocycles. The summed E-state index contributed by atoms with van der Waals surface area (Å²) in [4.78, 5) is 92.7. The predicted molar refractivity (Wildman–Crippen MR) is 262 cm³/mol. The highest BCUT2D eigenvalue weighted by atomic mass is 16.7. The molecule has 3 aliphatic carbocycles. The number of amides is 7. The van der Waals surface area contributed by atoms with Gasteiger partial charge in [0, 0.05) is 18.5 Å². The van der Waals surface area contributed by atoms with Crippen molar-refractivity contribution in [2.75, 3.05) is 13.1 Å². The smallest absolute Gasteiger partial charge is 0.404 e. The van der Waals surface area contributed by atoms with Crippen molar-refractivity contribution in [1.82, 2.24) is 31.9 Å². The van der Waals surface area contributed by atoms with Crippen LogP contribution in [0.1, 0.15) is 129 Å². The molecule has 10 atom stereocenters. The van der Waals surface area contributed by atoms with E-state index in [0.717, 1.165) is 43.2 Å². The molecule has 4 fully saturated rings. The molecule has 3 saturated carbocycles. The number of aryl methyl sites for hydroxylation is 1. The van der Waals surface area contributed by atoms with E-state index in [4.69, 9.17) is 20.8 Å². The summed E-state index contributed by atoms with van der Waals surface area (Å²) in [5.41, 5.74) is 14.5. The van der Waals surface area contributed by atoms with Crippen LogP contribution in [0.3, 0.4) is 0 Å². The third kappa shape index (κ3) is 13.9. The summed E-state index contributed by atoms with van der Waals surface area (Å²) >= 11 is 0. The maximum atomic E-state index is 13.7. The van der Waals surface area contributed by atoms with Gasteiger partial charge in [0.05, 0.1) is 30.2 Å². The lowest BCUT2D eigenvalue weighted by molar-refractivity contribution is -0.199. The van der Waals surface area contributed by atoms with Crippen LogP contribution in [0.2, 0.25) is 0 Å². The number of rotatable bonds is 26. The fourth-order valence-electron chi connectivity index (χ4n) is 9.94. The molecule has 4 aliphatic rings. The topological polar surface area (TPSA) is 282 Å². The van der Waals surface area contributed by atoms with Gasteiger partial charge in [-0.2, -0.15) is 0 Å². The summed E-state index contributed by atoms with van der Waals surface area (Å²) in [5.74, 6) is -4.82. The van der Waals surface area contributed by atoms with E-state index in [1.807, 2.05) is 12.1 Å². The Morgan fingerprint density at radius 3 is 2.00 bits per heavy atom. The number of benzene rings is 2. The highest BCUT2D eigenvalue weighted by Gasteiger charge is 2.68. The first-order valence-electron chi connectivity index (χ1n) is 24.7. The number of aliphatic hydroxyl groups is 1. The molecule has 69 heavy (non-hydrogen) atoms. The summed E-state index contributed by atoms with van der Waals surface area (Å²) in [6.45, 7) is 13.6. The van der Waals surface area contributed by atoms with Crippen molar-refractivity contribution in [3.8, 4) is 11.1 Å². The maximum absolute atomic E-state index is 13.7. The maximum Gasteiger partial charge on any atom is 0.481 e. The van der Waals surface area contributed by atoms with E-state index in [1.165, 1.54) is 12.5 Å². The van der Waals surface area contributed by atoms with Gasteiger partial charge >= 0.3 is 7.12 Å². The number of carbonyl (C=O) groups excluding carboxylic acids is 7. The van der Waals surface area contributed by atoms with Gasteiger partial charge in [-0.25, -0.2) is 0 Å². The minimum Gasteiger partial charge on any atom is -0.404 e. The van der Waals surface area contributed by atoms with Crippen LogP contribution in [0.5, 0.6) is 0 Å². The zero-order valence-corrected chi connectivity index (χ0v) is 41.4. The van der Waals surface area contributed by atoms with Crippen LogP contribution >= 0.6 is 0 Å². The van der Waals surface area contributed by atoms with Gasteiger partial charge in [0.2, 0.25) is 35.4 Å². The predicted octanol–water partition coefficient (Wildman–Crippen LogP) is 2.32. The zero-order chi connectivity index (χ0) is 50.6. The summed E-state index contributed by atoms with van der Waals surface area (Å²) < 4.78 is 12.8. The fourth-order valence-corrected chi connectivity index (χ4v) is 9.94. The summed E-state index contributed by atoms with van der Waals surface area (Å²) in [6.07, 6.45) is 4.09. The first kappa shape index (κ1) is 54.6. The first-order chi connectivity index (χ1) is 32.7. The standard InChI is InChI=1S/C50H75BN8O10/c1-8-10-13-31-15-17-32(18-16-31)33-19-21-34(22-20-33)44(63)54-25-23-42(62)56-37(14-11-12-24-52)46(65)59-43(29(3)60)48(67)57-36(9-2)45(64)58-38(28-41(53)61)47(66)55-30(4)51-68-40-27-35-26-39(49(35,5)6)50(40,7)69-51/h15-22,29-30,35-40,43,60H,8-14,23-28,52H2,1-7H3,(H2,53,61)(H,54,63)(H,55,66)(H,56,62)(H,57,67)(H,58,64)(H,59,65)/t29-,30+,35+,36+,37+,38+,39+,40?,43+,50+/m1/s1. The molecule has 1 saturated heterocycles. The van der Waals surface area contributed by atoms with E-state index < -0.39 is 90.8 Å². The van der Waals surface area contributed by atoms with Crippen molar-refractivity contribution in [2.45, 2.75) is 167 Å². The van der Waals surface area contributed by atoms with Crippen LogP contribution in [-0.2, 0) is 44.5 Å². The molecule has 378 valence electrons. The number of nitrogens with two attached hydrogens (primary N) is 2. The van der Waals surface area contributed by atoms with Crippen molar-refractivity contribution in [2.24, 2.45) is 28.7 Å². The van der Waals surface area contributed by atoms with Crippen molar-refractivity contribution in [3.05, 3.63) is 59.7 Å². The van der Waals surface area contributed by atoms with Crippen LogP contribution in [0.15, 0.2) is 48.5 Å². The van der Waals surface area contributed by atoms with E-state index in [-0.39, 0.29) is 43.2 Å². The molecule has 18 nitrogen and oxygen atoms in total. The van der Waals surface area contributed by atoms with Gasteiger partial charge < -0.3 is 57.8 Å². The summed E-state index contributed by atoms with van der Waals surface area (Å²) in [6, 6.07) is 10.1. The van der Waals surface area contributed by atoms with Crippen molar-refractivity contribution >= 4 is 48.5 Å². The van der Waals surface area contributed by atoms with Gasteiger partial charge in [-0.1, -0.05) is 70.5 Å². The Kier molecular flexibility index (Phi) is 19.3. The lowest BCUT2D eigenvalue weighted by Crippen LogP contribution is -2.65. The SMILES string of the molecule is CCCCc1ccc(-c2ccc(C(=O)NCCC(=O)N[C@@H](CCCCN)C(=O)N[C@H](C(=O)N[C@@H](CC)C(=O)N[C@@H](CC(N)=O)C(=O)N[C@@H](C)B3OC4C[C@@H]5C[C@@H](C5(C)C)[C@]4(C)O3)[C@@H](C)O)cc2)cc1. The van der Waals surface area contributed by atoms with Crippen LogP contribution in [0.4, 0.5) is 0 Å². The highest BCUT2D eigenvalue weighted by molar-refractivity contribution is 6.47.